The van der Waals surface area contributed by atoms with Crippen LogP contribution in [-0.2, 0) is 0 Å². The van der Waals surface area contributed by atoms with Gasteiger partial charge in [-0.1, -0.05) is 13.8 Å². The van der Waals surface area contributed by atoms with Crippen LogP contribution in [0.2, 0.25) is 0 Å². The second-order valence-corrected chi connectivity index (χ2v) is 3.93. The Morgan fingerprint density at radius 3 is 2.80 bits per heavy atom. The first-order valence-corrected chi connectivity index (χ1v) is 4.99. The zero-order valence-electron chi connectivity index (χ0n) is 9.07. The Kier molecular flexibility index (Phi) is 2.31. The lowest BCUT2D eigenvalue weighted by atomic mass is 10.0. The summed E-state index contributed by atoms with van der Waals surface area (Å²) in [5.74, 6) is 0.771. The Morgan fingerprint density at radius 2 is 2.13 bits per heavy atom. The van der Waals surface area contributed by atoms with Crippen molar-refractivity contribution >= 4 is 16.9 Å². The summed E-state index contributed by atoms with van der Waals surface area (Å²) in [5, 5.41) is 0. The summed E-state index contributed by atoms with van der Waals surface area (Å²) in [7, 11) is 0. The maximum absolute atomic E-state index is 11.7. The van der Waals surface area contributed by atoms with Gasteiger partial charge in [-0.05, 0) is 18.2 Å². The molecule has 1 aromatic carbocycles. The first-order chi connectivity index (χ1) is 7.08. The van der Waals surface area contributed by atoms with E-state index in [0.717, 1.165) is 11.1 Å². The predicted octanol–water partition coefficient (Wildman–Crippen LogP) is 2.97. The molecule has 0 N–H and O–H groups in total. The van der Waals surface area contributed by atoms with E-state index in [1.165, 1.54) is 0 Å². The number of carbonyl (C=O) groups excluding carboxylic acids is 1. The lowest BCUT2D eigenvalue weighted by Gasteiger charge is -2.02. The molecule has 1 heterocycles. The third-order valence-corrected chi connectivity index (χ3v) is 2.30. The quantitative estimate of drug-likeness (QED) is 0.705. The summed E-state index contributed by atoms with van der Waals surface area (Å²) < 4.78 is 5.34. The Labute approximate surface area is 88.1 Å². The van der Waals surface area contributed by atoms with Crippen molar-refractivity contribution in [3.05, 3.63) is 29.7 Å². The number of fused-ring (bicyclic) bond motifs is 1. The summed E-state index contributed by atoms with van der Waals surface area (Å²) in [5.41, 5.74) is 2.18. The second-order valence-electron chi connectivity index (χ2n) is 3.93. The molecule has 0 fully saturated rings. The van der Waals surface area contributed by atoms with Gasteiger partial charge >= 0.3 is 0 Å². The molecule has 15 heavy (non-hydrogen) atoms. The van der Waals surface area contributed by atoms with E-state index in [1.54, 1.807) is 25.1 Å². The fraction of sp³-hybridized carbons (Fsp3) is 0.333. The van der Waals surface area contributed by atoms with Crippen LogP contribution in [0.15, 0.2) is 22.6 Å². The summed E-state index contributed by atoms with van der Waals surface area (Å²) in [4.78, 5) is 15.9. The minimum atomic E-state index is 0.00967. The number of nitrogens with zero attached hydrogens (tertiary/aromatic N) is 1. The van der Waals surface area contributed by atoms with Gasteiger partial charge in [-0.15, -0.1) is 0 Å². The predicted molar refractivity (Wildman–Crippen MR) is 57.9 cm³/mol. The number of carbonyl (C=O) groups is 1. The number of aromatic nitrogens is 1. The summed E-state index contributed by atoms with van der Waals surface area (Å²) in [6.45, 7) is 5.57. The molecule has 0 aliphatic heterocycles. The minimum absolute atomic E-state index is 0.00967. The van der Waals surface area contributed by atoms with Crippen LogP contribution in [0, 0.1) is 12.8 Å². The molecule has 0 spiro atoms. The molecule has 78 valence electrons. The van der Waals surface area contributed by atoms with Gasteiger partial charge in [0.05, 0.1) is 0 Å². The number of hydrogen-bond acceptors (Lipinski definition) is 3. The standard InChI is InChI=1S/C12H13NO2/c1-7(2)12(14)9-4-5-11-10(6-9)13-8(3)15-11/h4-7H,1-3H3. The first kappa shape index (κ1) is 9.90. The maximum atomic E-state index is 11.7. The van der Waals surface area contributed by atoms with E-state index in [9.17, 15) is 4.79 Å². The van der Waals surface area contributed by atoms with E-state index in [1.807, 2.05) is 13.8 Å². The fourth-order valence-corrected chi connectivity index (χ4v) is 1.53. The molecule has 0 bridgehead atoms. The lowest BCUT2D eigenvalue weighted by Crippen LogP contribution is -2.06. The van der Waals surface area contributed by atoms with Crippen molar-refractivity contribution in [3.63, 3.8) is 0 Å². The van der Waals surface area contributed by atoms with Gasteiger partial charge in [0.15, 0.2) is 17.3 Å². The van der Waals surface area contributed by atoms with Crippen molar-refractivity contribution in [3.8, 4) is 0 Å². The van der Waals surface area contributed by atoms with Gasteiger partial charge in [-0.2, -0.15) is 0 Å². The van der Waals surface area contributed by atoms with Crippen LogP contribution >= 0.6 is 0 Å². The highest BCUT2D eigenvalue weighted by Gasteiger charge is 2.12. The average molecular weight is 203 g/mol. The number of aryl methyl sites for hydroxylation is 1. The number of ketones is 1. The SMILES string of the molecule is Cc1nc2cc(C(=O)C(C)C)ccc2o1. The number of rotatable bonds is 2. The molecule has 2 aromatic rings. The van der Waals surface area contributed by atoms with Crippen molar-refractivity contribution in [1.29, 1.82) is 0 Å². The zero-order valence-corrected chi connectivity index (χ0v) is 9.07. The van der Waals surface area contributed by atoms with Gasteiger partial charge in [0, 0.05) is 18.4 Å². The van der Waals surface area contributed by atoms with Crippen LogP contribution in [0.4, 0.5) is 0 Å². The highest BCUT2D eigenvalue weighted by atomic mass is 16.3. The van der Waals surface area contributed by atoms with Gasteiger partial charge in [0.25, 0.3) is 0 Å². The van der Waals surface area contributed by atoms with Gasteiger partial charge in [-0.3, -0.25) is 4.79 Å². The van der Waals surface area contributed by atoms with Crippen LogP contribution in [0.3, 0.4) is 0 Å². The average Bonchev–Trinajstić information content (AvgIpc) is 2.55. The smallest absolute Gasteiger partial charge is 0.192 e. The lowest BCUT2D eigenvalue weighted by molar-refractivity contribution is 0.0939. The zero-order chi connectivity index (χ0) is 11.0. The molecule has 0 amide bonds. The number of benzene rings is 1. The summed E-state index contributed by atoms with van der Waals surface area (Å²) in [6.07, 6.45) is 0. The molecule has 3 nitrogen and oxygen atoms in total. The summed E-state index contributed by atoms with van der Waals surface area (Å²) >= 11 is 0. The molecule has 0 atom stereocenters. The van der Waals surface area contributed by atoms with Gasteiger partial charge < -0.3 is 4.42 Å². The maximum Gasteiger partial charge on any atom is 0.192 e. The van der Waals surface area contributed by atoms with Crippen LogP contribution in [0.1, 0.15) is 30.1 Å². The highest BCUT2D eigenvalue weighted by molar-refractivity contribution is 5.99. The molecule has 0 aliphatic rings. The first-order valence-electron chi connectivity index (χ1n) is 4.99. The molecular weight excluding hydrogens is 190 g/mol. The van der Waals surface area contributed by atoms with Crippen LogP contribution < -0.4 is 0 Å². The monoisotopic (exact) mass is 203 g/mol. The Hall–Kier alpha value is -1.64. The molecule has 3 heteroatoms. The van der Waals surface area contributed by atoms with Gasteiger partial charge in [0.1, 0.15) is 5.52 Å². The van der Waals surface area contributed by atoms with Crippen molar-refractivity contribution < 1.29 is 9.21 Å². The Morgan fingerprint density at radius 1 is 1.40 bits per heavy atom. The summed E-state index contributed by atoms with van der Waals surface area (Å²) in [6, 6.07) is 5.37. The van der Waals surface area contributed by atoms with Crippen LogP contribution in [0.25, 0.3) is 11.1 Å². The largest absolute Gasteiger partial charge is 0.441 e. The van der Waals surface area contributed by atoms with E-state index >= 15 is 0 Å². The highest BCUT2D eigenvalue weighted by Crippen LogP contribution is 2.18. The van der Waals surface area contributed by atoms with Crippen molar-refractivity contribution in [2.45, 2.75) is 20.8 Å². The normalized spacial score (nSPS) is 11.2. The molecule has 0 saturated carbocycles. The van der Waals surface area contributed by atoms with Gasteiger partial charge in [0.2, 0.25) is 0 Å². The fourth-order valence-electron chi connectivity index (χ4n) is 1.53. The number of hydrogen-bond donors (Lipinski definition) is 0. The Bertz CT molecular complexity index is 511. The van der Waals surface area contributed by atoms with E-state index < -0.39 is 0 Å². The second kappa shape index (κ2) is 3.50. The molecule has 0 saturated heterocycles. The number of Topliss-reactive ketones (excluding diaryl/α,β-unsaturated/α-hetero) is 1. The Balaban J connectivity index is 2.51. The van der Waals surface area contributed by atoms with Crippen LogP contribution in [-0.4, -0.2) is 10.8 Å². The molecule has 0 radical (unpaired) electrons. The van der Waals surface area contributed by atoms with Crippen molar-refractivity contribution in [2.75, 3.05) is 0 Å². The van der Waals surface area contributed by atoms with E-state index in [2.05, 4.69) is 4.98 Å². The third kappa shape index (κ3) is 1.77. The minimum Gasteiger partial charge on any atom is -0.441 e. The van der Waals surface area contributed by atoms with Crippen molar-refractivity contribution in [2.24, 2.45) is 5.92 Å². The molecule has 0 aliphatic carbocycles. The number of oxazole rings is 1. The third-order valence-electron chi connectivity index (χ3n) is 2.30. The molecule has 0 unspecified atom stereocenters. The van der Waals surface area contributed by atoms with E-state index in [4.69, 9.17) is 4.42 Å². The molecule has 1 aromatic heterocycles. The van der Waals surface area contributed by atoms with E-state index in [-0.39, 0.29) is 11.7 Å². The van der Waals surface area contributed by atoms with Gasteiger partial charge in [-0.25, -0.2) is 4.98 Å². The van der Waals surface area contributed by atoms with Crippen molar-refractivity contribution in [1.82, 2.24) is 4.98 Å². The van der Waals surface area contributed by atoms with E-state index in [0.29, 0.717) is 11.5 Å². The molecule has 2 rings (SSSR count). The van der Waals surface area contributed by atoms with Crippen LogP contribution in [0.5, 0.6) is 0 Å². The molecular formula is C12H13NO2. The topological polar surface area (TPSA) is 43.1 Å².